The number of thiazole rings is 1. The van der Waals surface area contributed by atoms with Gasteiger partial charge in [0.05, 0.1) is 18.7 Å². The summed E-state index contributed by atoms with van der Waals surface area (Å²) >= 11 is 1.56. The van der Waals surface area contributed by atoms with E-state index in [1.54, 1.807) is 23.5 Å². The Kier molecular flexibility index (Phi) is 10.8. The van der Waals surface area contributed by atoms with Gasteiger partial charge in [0, 0.05) is 53.7 Å². The Morgan fingerprint density at radius 1 is 1.02 bits per heavy atom. The molecule has 0 aliphatic heterocycles. The summed E-state index contributed by atoms with van der Waals surface area (Å²) in [6.45, 7) is 9.42. The van der Waals surface area contributed by atoms with Crippen LogP contribution in [0.1, 0.15) is 86.3 Å². The van der Waals surface area contributed by atoms with Gasteiger partial charge in [-0.15, -0.1) is 11.3 Å². The SMILES string of the molecule is Cc1cc(C(=O)N[C@@H](Cc2ccccc2)[C@H](O)CNCc2cncc(C(C)C)c2)cc(C(=O)N(Cc2nc(C)cs2)C2CC2)c1. The summed E-state index contributed by atoms with van der Waals surface area (Å²) in [7, 11) is 0. The van der Waals surface area contributed by atoms with Crippen LogP contribution in [0.3, 0.4) is 0 Å². The fourth-order valence-electron chi connectivity index (χ4n) is 5.41. The Hall–Kier alpha value is -3.92. The first-order valence-electron chi connectivity index (χ1n) is 15.7. The van der Waals surface area contributed by atoms with E-state index in [1.165, 1.54) is 5.56 Å². The predicted octanol–water partition coefficient (Wildman–Crippen LogP) is 5.57. The molecule has 2 aromatic heterocycles. The van der Waals surface area contributed by atoms with Gasteiger partial charge in [-0.2, -0.15) is 0 Å². The Balaban J connectivity index is 1.29. The molecule has 0 unspecified atom stereocenters. The van der Waals surface area contributed by atoms with E-state index >= 15 is 0 Å². The minimum Gasteiger partial charge on any atom is -0.390 e. The molecule has 2 atom stereocenters. The van der Waals surface area contributed by atoms with Gasteiger partial charge in [-0.05, 0) is 79.5 Å². The van der Waals surface area contributed by atoms with E-state index in [4.69, 9.17) is 0 Å². The van der Waals surface area contributed by atoms with Crippen molar-refractivity contribution in [1.29, 1.82) is 0 Å². The third-order valence-electron chi connectivity index (χ3n) is 8.05. The van der Waals surface area contributed by atoms with Crippen molar-refractivity contribution in [3.8, 4) is 0 Å². The summed E-state index contributed by atoms with van der Waals surface area (Å²) in [4.78, 5) is 38.2. The molecule has 2 aromatic carbocycles. The lowest BCUT2D eigenvalue weighted by Gasteiger charge is -2.25. The molecular weight excluding hydrogens is 582 g/mol. The quantitative estimate of drug-likeness (QED) is 0.169. The lowest BCUT2D eigenvalue weighted by atomic mass is 9.99. The number of benzene rings is 2. The summed E-state index contributed by atoms with van der Waals surface area (Å²) in [6, 6.07) is 16.9. The van der Waals surface area contributed by atoms with E-state index in [2.05, 4.69) is 40.5 Å². The molecule has 45 heavy (non-hydrogen) atoms. The van der Waals surface area contributed by atoms with E-state index in [0.29, 0.717) is 36.6 Å². The van der Waals surface area contributed by atoms with E-state index in [9.17, 15) is 14.7 Å². The summed E-state index contributed by atoms with van der Waals surface area (Å²) in [5.41, 5.74) is 5.87. The number of aliphatic hydroxyl groups is 1. The fraction of sp³-hybridized carbons (Fsp3) is 0.389. The second-order valence-corrected chi connectivity index (χ2v) is 13.3. The number of rotatable bonds is 14. The molecule has 3 N–H and O–H groups in total. The maximum absolute atomic E-state index is 13.7. The van der Waals surface area contributed by atoms with Gasteiger partial charge in [0.25, 0.3) is 11.8 Å². The van der Waals surface area contributed by atoms with Crippen molar-refractivity contribution >= 4 is 23.2 Å². The summed E-state index contributed by atoms with van der Waals surface area (Å²) in [5, 5.41) is 20.6. The maximum Gasteiger partial charge on any atom is 0.254 e. The number of hydrogen-bond donors (Lipinski definition) is 3. The fourth-order valence-corrected chi connectivity index (χ4v) is 6.18. The standard InChI is InChI=1S/C36H43N5O3S/c1-23(2)30-14-27(17-37-19-30)18-38-20-33(42)32(15-26-8-6-5-7-9-26)40-35(43)28-12-24(3)13-29(16-28)36(44)41(31-10-11-31)21-34-39-25(4)22-45-34/h5-9,12-14,16-17,19,22-23,31-33,38,42H,10-11,15,18,20-21H2,1-4H3,(H,40,43)/t32-,33+/m0/s1. The van der Waals surface area contributed by atoms with Crippen LogP contribution in [0, 0.1) is 13.8 Å². The second kappa shape index (κ2) is 14.9. The maximum atomic E-state index is 13.7. The first kappa shape index (κ1) is 32.5. The molecule has 1 fully saturated rings. The Morgan fingerprint density at radius 2 is 1.78 bits per heavy atom. The third kappa shape index (κ3) is 9.06. The van der Waals surface area contributed by atoms with Crippen LogP contribution in [0.2, 0.25) is 0 Å². The number of carbonyl (C=O) groups is 2. The lowest BCUT2D eigenvalue weighted by molar-refractivity contribution is 0.0729. The number of aryl methyl sites for hydroxylation is 2. The first-order valence-corrected chi connectivity index (χ1v) is 16.5. The monoisotopic (exact) mass is 625 g/mol. The molecule has 0 radical (unpaired) electrons. The number of hydrogen-bond acceptors (Lipinski definition) is 7. The molecular formula is C36H43N5O3S. The van der Waals surface area contributed by atoms with Crippen molar-refractivity contribution in [2.45, 2.75) is 84.2 Å². The van der Waals surface area contributed by atoms with Crippen LogP contribution < -0.4 is 10.6 Å². The van der Waals surface area contributed by atoms with Gasteiger partial charge < -0.3 is 20.6 Å². The highest BCUT2D eigenvalue weighted by atomic mass is 32.1. The lowest BCUT2D eigenvalue weighted by Crippen LogP contribution is -2.48. The van der Waals surface area contributed by atoms with Gasteiger partial charge in [-0.1, -0.05) is 50.2 Å². The highest BCUT2D eigenvalue weighted by Gasteiger charge is 2.34. The minimum atomic E-state index is -0.853. The summed E-state index contributed by atoms with van der Waals surface area (Å²) in [5.74, 6) is -0.0377. The van der Waals surface area contributed by atoms with Crippen LogP contribution in [-0.4, -0.2) is 56.5 Å². The zero-order valence-corrected chi connectivity index (χ0v) is 27.3. The number of amides is 2. The Bertz CT molecular complexity index is 1600. The number of carbonyl (C=O) groups excluding carboxylic acids is 2. The smallest absolute Gasteiger partial charge is 0.254 e. The van der Waals surface area contributed by atoms with Crippen LogP contribution in [-0.2, 0) is 19.5 Å². The van der Waals surface area contributed by atoms with Gasteiger partial charge in [0.15, 0.2) is 0 Å². The molecule has 2 heterocycles. The minimum absolute atomic E-state index is 0.0933. The van der Waals surface area contributed by atoms with Crippen LogP contribution in [0.25, 0.3) is 0 Å². The Labute approximate surface area is 269 Å². The molecule has 8 nitrogen and oxygen atoms in total. The molecule has 1 aliphatic carbocycles. The number of nitrogens with one attached hydrogen (secondary N) is 2. The average molecular weight is 626 g/mol. The van der Waals surface area contributed by atoms with Crippen LogP contribution in [0.5, 0.6) is 0 Å². The molecule has 0 spiro atoms. The zero-order chi connectivity index (χ0) is 31.9. The predicted molar refractivity (Wildman–Crippen MR) is 178 cm³/mol. The van der Waals surface area contributed by atoms with E-state index in [0.717, 1.165) is 40.2 Å². The van der Waals surface area contributed by atoms with Crippen molar-refractivity contribution in [1.82, 2.24) is 25.5 Å². The number of aliphatic hydroxyl groups excluding tert-OH is 1. The summed E-state index contributed by atoms with van der Waals surface area (Å²) in [6.07, 6.45) is 5.26. The molecule has 2 amide bonds. The first-order chi connectivity index (χ1) is 21.7. The molecule has 1 saturated carbocycles. The largest absolute Gasteiger partial charge is 0.390 e. The van der Waals surface area contributed by atoms with Crippen LogP contribution in [0.15, 0.2) is 72.4 Å². The third-order valence-corrected chi connectivity index (χ3v) is 9.00. The molecule has 236 valence electrons. The molecule has 0 saturated heterocycles. The van der Waals surface area contributed by atoms with Gasteiger partial charge in [-0.3, -0.25) is 14.6 Å². The van der Waals surface area contributed by atoms with Crippen LogP contribution in [0.4, 0.5) is 0 Å². The number of nitrogens with zero attached hydrogens (tertiary/aromatic N) is 3. The molecule has 9 heteroatoms. The van der Waals surface area contributed by atoms with Gasteiger partial charge in [0.2, 0.25) is 0 Å². The second-order valence-electron chi connectivity index (χ2n) is 12.4. The number of pyridine rings is 1. The topological polar surface area (TPSA) is 107 Å². The Morgan fingerprint density at radius 3 is 2.47 bits per heavy atom. The number of aromatic nitrogens is 2. The van der Waals surface area contributed by atoms with Crippen molar-refractivity contribution in [2.75, 3.05) is 6.54 Å². The van der Waals surface area contributed by atoms with E-state index < -0.39 is 12.1 Å². The van der Waals surface area contributed by atoms with Crippen molar-refractivity contribution in [2.24, 2.45) is 0 Å². The van der Waals surface area contributed by atoms with Gasteiger partial charge in [-0.25, -0.2) is 4.98 Å². The van der Waals surface area contributed by atoms with E-state index in [1.807, 2.05) is 72.9 Å². The summed E-state index contributed by atoms with van der Waals surface area (Å²) < 4.78 is 0. The molecule has 5 rings (SSSR count). The van der Waals surface area contributed by atoms with Gasteiger partial charge >= 0.3 is 0 Å². The average Bonchev–Trinajstić information content (AvgIpc) is 3.79. The molecule has 4 aromatic rings. The zero-order valence-electron chi connectivity index (χ0n) is 26.5. The van der Waals surface area contributed by atoms with Crippen molar-refractivity contribution in [3.05, 3.63) is 116 Å². The molecule has 0 bridgehead atoms. The van der Waals surface area contributed by atoms with Crippen molar-refractivity contribution < 1.29 is 14.7 Å². The van der Waals surface area contributed by atoms with E-state index in [-0.39, 0.29) is 24.4 Å². The highest BCUT2D eigenvalue weighted by molar-refractivity contribution is 7.09. The normalized spacial score (nSPS) is 14.3. The molecule has 1 aliphatic rings. The van der Waals surface area contributed by atoms with Gasteiger partial charge in [0.1, 0.15) is 5.01 Å². The van der Waals surface area contributed by atoms with Crippen molar-refractivity contribution in [3.63, 3.8) is 0 Å². The highest BCUT2D eigenvalue weighted by Crippen LogP contribution is 2.31. The van der Waals surface area contributed by atoms with Crippen LogP contribution >= 0.6 is 11.3 Å².